The van der Waals surface area contributed by atoms with E-state index in [0.29, 0.717) is 30.1 Å². The normalized spacial score (nSPS) is 25.1. The molecule has 0 saturated carbocycles. The van der Waals surface area contributed by atoms with Crippen molar-refractivity contribution in [3.8, 4) is 11.5 Å². The zero-order valence-electron chi connectivity index (χ0n) is 8.34. The average molecular weight is 196 g/mol. The summed E-state index contributed by atoms with van der Waals surface area (Å²) in [6, 6.07) is 5.24. The Morgan fingerprint density at radius 2 is 2.29 bits per heavy atom. The summed E-state index contributed by atoms with van der Waals surface area (Å²) in [5.74, 6) is 1.29. The van der Waals surface area contributed by atoms with Gasteiger partial charge in [0.15, 0.2) is 0 Å². The topological polar surface area (TPSA) is 18.5 Å². The van der Waals surface area contributed by atoms with E-state index in [1.54, 1.807) is 32.2 Å². The largest absolute Gasteiger partial charge is 0.497 e. The van der Waals surface area contributed by atoms with Crippen LogP contribution in [0.25, 0.3) is 0 Å². The Balaban J connectivity index is 2.49. The highest BCUT2D eigenvalue weighted by atomic mass is 19.1. The van der Waals surface area contributed by atoms with E-state index in [0.717, 1.165) is 0 Å². The highest BCUT2D eigenvalue weighted by Gasteiger charge is 2.33. The number of benzene rings is 1. The van der Waals surface area contributed by atoms with Crippen LogP contribution in [-0.4, -0.2) is 13.7 Å². The third-order valence-corrected chi connectivity index (χ3v) is 2.58. The van der Waals surface area contributed by atoms with Crippen molar-refractivity contribution in [2.75, 3.05) is 13.7 Å². The molecule has 76 valence electrons. The Kier molecular flexibility index (Phi) is 2.10. The van der Waals surface area contributed by atoms with Gasteiger partial charge in [-0.05, 0) is 25.1 Å². The summed E-state index contributed by atoms with van der Waals surface area (Å²) in [6.07, 6.45) is 0.396. The molecule has 1 unspecified atom stereocenters. The van der Waals surface area contributed by atoms with Crippen LogP contribution in [0.4, 0.5) is 4.39 Å². The van der Waals surface area contributed by atoms with E-state index in [2.05, 4.69) is 0 Å². The Morgan fingerprint density at radius 3 is 3.00 bits per heavy atom. The molecule has 0 amide bonds. The van der Waals surface area contributed by atoms with Crippen LogP contribution in [0.15, 0.2) is 18.2 Å². The van der Waals surface area contributed by atoms with Crippen LogP contribution in [-0.2, 0) is 5.67 Å². The lowest BCUT2D eigenvalue weighted by Crippen LogP contribution is -2.25. The van der Waals surface area contributed by atoms with Crippen LogP contribution in [0.5, 0.6) is 11.5 Å². The van der Waals surface area contributed by atoms with E-state index >= 15 is 0 Å². The molecule has 1 aromatic carbocycles. The number of alkyl halides is 1. The molecule has 0 aliphatic carbocycles. The number of hydrogen-bond donors (Lipinski definition) is 0. The van der Waals surface area contributed by atoms with Crippen molar-refractivity contribution in [2.45, 2.75) is 19.0 Å². The monoisotopic (exact) mass is 196 g/mol. The number of halogens is 1. The van der Waals surface area contributed by atoms with E-state index in [-0.39, 0.29) is 0 Å². The molecule has 1 atom stereocenters. The summed E-state index contributed by atoms with van der Waals surface area (Å²) >= 11 is 0. The van der Waals surface area contributed by atoms with Gasteiger partial charge in [-0.1, -0.05) is 0 Å². The zero-order chi connectivity index (χ0) is 10.2. The molecule has 1 heterocycles. The van der Waals surface area contributed by atoms with Gasteiger partial charge in [0.05, 0.1) is 13.7 Å². The number of ether oxygens (including phenoxy) is 2. The number of methoxy groups -OCH3 is 1. The van der Waals surface area contributed by atoms with Gasteiger partial charge in [0.2, 0.25) is 0 Å². The van der Waals surface area contributed by atoms with E-state index < -0.39 is 5.67 Å². The van der Waals surface area contributed by atoms with Crippen molar-refractivity contribution in [3.63, 3.8) is 0 Å². The van der Waals surface area contributed by atoms with Gasteiger partial charge < -0.3 is 9.47 Å². The lowest BCUT2D eigenvalue weighted by atomic mass is 9.92. The molecule has 0 bridgehead atoms. The van der Waals surface area contributed by atoms with Crippen LogP contribution in [0.1, 0.15) is 18.9 Å². The van der Waals surface area contributed by atoms with Gasteiger partial charge >= 0.3 is 0 Å². The minimum absolute atomic E-state index is 0.396. The fourth-order valence-electron chi connectivity index (χ4n) is 1.66. The Morgan fingerprint density at radius 1 is 1.50 bits per heavy atom. The quantitative estimate of drug-likeness (QED) is 0.687. The molecule has 0 fully saturated rings. The second-order valence-corrected chi connectivity index (χ2v) is 3.66. The van der Waals surface area contributed by atoms with E-state index in [1.165, 1.54) is 0 Å². The number of hydrogen-bond acceptors (Lipinski definition) is 2. The Hall–Kier alpha value is -1.25. The number of fused-ring (bicyclic) bond motifs is 1. The molecule has 0 spiro atoms. The van der Waals surface area contributed by atoms with Crippen LogP contribution in [0, 0.1) is 0 Å². The van der Waals surface area contributed by atoms with Gasteiger partial charge in [-0.25, -0.2) is 4.39 Å². The van der Waals surface area contributed by atoms with Crippen molar-refractivity contribution in [1.29, 1.82) is 0 Å². The second kappa shape index (κ2) is 3.15. The van der Waals surface area contributed by atoms with Crippen molar-refractivity contribution in [1.82, 2.24) is 0 Å². The highest BCUT2D eigenvalue weighted by molar-refractivity contribution is 5.44. The first-order valence-electron chi connectivity index (χ1n) is 4.64. The summed E-state index contributed by atoms with van der Waals surface area (Å²) in [4.78, 5) is 0. The lowest BCUT2D eigenvalue weighted by molar-refractivity contribution is 0.110. The fourth-order valence-corrected chi connectivity index (χ4v) is 1.66. The maximum absolute atomic E-state index is 14.0. The maximum atomic E-state index is 14.0. The molecule has 1 aliphatic rings. The lowest BCUT2D eigenvalue weighted by Gasteiger charge is -2.28. The minimum Gasteiger partial charge on any atom is -0.497 e. The Labute approximate surface area is 82.6 Å². The van der Waals surface area contributed by atoms with Gasteiger partial charge in [0, 0.05) is 12.0 Å². The molecule has 1 aliphatic heterocycles. The van der Waals surface area contributed by atoms with E-state index in [9.17, 15) is 4.39 Å². The maximum Gasteiger partial charge on any atom is 0.140 e. The standard InChI is InChI=1S/C11H13FO2/c1-11(12)5-6-14-10-4-3-8(13-2)7-9(10)11/h3-4,7H,5-6H2,1-2H3. The summed E-state index contributed by atoms with van der Waals surface area (Å²) in [5.41, 5.74) is -0.717. The summed E-state index contributed by atoms with van der Waals surface area (Å²) in [6.45, 7) is 2.01. The van der Waals surface area contributed by atoms with Crippen molar-refractivity contribution < 1.29 is 13.9 Å². The molecule has 1 aromatic rings. The fraction of sp³-hybridized carbons (Fsp3) is 0.455. The van der Waals surface area contributed by atoms with Gasteiger partial charge in [-0.15, -0.1) is 0 Å². The smallest absolute Gasteiger partial charge is 0.140 e. The van der Waals surface area contributed by atoms with E-state index in [1.807, 2.05) is 0 Å². The SMILES string of the molecule is COc1ccc2c(c1)C(C)(F)CCO2. The first kappa shape index (κ1) is 9.31. The van der Waals surface area contributed by atoms with Crippen LogP contribution >= 0.6 is 0 Å². The molecule has 2 rings (SSSR count). The van der Waals surface area contributed by atoms with Gasteiger partial charge in [-0.3, -0.25) is 0 Å². The minimum atomic E-state index is -1.30. The summed E-state index contributed by atoms with van der Waals surface area (Å²) in [5, 5.41) is 0. The molecule has 0 N–H and O–H groups in total. The predicted octanol–water partition coefficient (Wildman–Crippen LogP) is 2.66. The van der Waals surface area contributed by atoms with Crippen LogP contribution in [0.2, 0.25) is 0 Å². The van der Waals surface area contributed by atoms with Gasteiger partial charge in [0.25, 0.3) is 0 Å². The van der Waals surface area contributed by atoms with Gasteiger partial charge in [-0.2, -0.15) is 0 Å². The second-order valence-electron chi connectivity index (χ2n) is 3.66. The highest BCUT2D eigenvalue weighted by Crippen LogP contribution is 2.41. The molecular formula is C11H13FO2. The zero-order valence-corrected chi connectivity index (χ0v) is 8.34. The molecule has 0 saturated heterocycles. The molecule has 0 radical (unpaired) electrons. The third-order valence-electron chi connectivity index (χ3n) is 2.58. The number of rotatable bonds is 1. The Bertz CT molecular complexity index is 347. The van der Waals surface area contributed by atoms with Crippen molar-refractivity contribution in [2.24, 2.45) is 0 Å². The molecule has 3 heteroatoms. The molecule has 0 aromatic heterocycles. The third kappa shape index (κ3) is 1.43. The summed E-state index contributed by atoms with van der Waals surface area (Å²) < 4.78 is 24.5. The average Bonchev–Trinajstić information content (AvgIpc) is 2.17. The first-order valence-corrected chi connectivity index (χ1v) is 4.64. The van der Waals surface area contributed by atoms with Crippen LogP contribution < -0.4 is 9.47 Å². The van der Waals surface area contributed by atoms with Crippen LogP contribution in [0.3, 0.4) is 0 Å². The first-order chi connectivity index (χ1) is 6.63. The predicted molar refractivity (Wildman–Crippen MR) is 51.6 cm³/mol. The van der Waals surface area contributed by atoms with E-state index in [4.69, 9.17) is 9.47 Å². The van der Waals surface area contributed by atoms with Crippen molar-refractivity contribution in [3.05, 3.63) is 23.8 Å². The summed E-state index contributed by atoms with van der Waals surface area (Å²) in [7, 11) is 1.57. The van der Waals surface area contributed by atoms with Gasteiger partial charge in [0.1, 0.15) is 17.2 Å². The van der Waals surface area contributed by atoms with Crippen molar-refractivity contribution >= 4 is 0 Å². The molecule has 14 heavy (non-hydrogen) atoms. The molecular weight excluding hydrogens is 183 g/mol. The molecule has 2 nitrogen and oxygen atoms in total.